The normalized spacial score (nSPS) is 10.3. The molecule has 0 bridgehead atoms. The molecule has 0 aliphatic rings. The van der Waals surface area contributed by atoms with Gasteiger partial charge in [-0.15, -0.1) is 0 Å². The standard InChI is InChI=1S/C16H17ClN2O2/c1-11-4-5-15(21-3)12(8-11)10-19(2)16(20)13-9-18-7-6-14(13)17/h4-9H,10H2,1-3H3. The Morgan fingerprint density at radius 1 is 1.38 bits per heavy atom. The molecule has 0 aliphatic heterocycles. The fraction of sp³-hybridized carbons (Fsp3) is 0.250. The number of aromatic nitrogens is 1. The minimum atomic E-state index is -0.170. The summed E-state index contributed by atoms with van der Waals surface area (Å²) in [5, 5.41) is 0.401. The van der Waals surface area contributed by atoms with Crippen LogP contribution in [0, 0.1) is 6.92 Å². The third kappa shape index (κ3) is 3.52. The summed E-state index contributed by atoms with van der Waals surface area (Å²) in [7, 11) is 3.35. The Labute approximate surface area is 129 Å². The number of carbonyl (C=O) groups excluding carboxylic acids is 1. The second kappa shape index (κ2) is 6.59. The molecule has 2 rings (SSSR count). The van der Waals surface area contributed by atoms with Crippen molar-refractivity contribution in [2.45, 2.75) is 13.5 Å². The van der Waals surface area contributed by atoms with E-state index in [1.807, 2.05) is 25.1 Å². The third-order valence-electron chi connectivity index (χ3n) is 3.19. The van der Waals surface area contributed by atoms with E-state index < -0.39 is 0 Å². The summed E-state index contributed by atoms with van der Waals surface area (Å²) in [6, 6.07) is 7.49. The van der Waals surface area contributed by atoms with Crippen LogP contribution in [0.15, 0.2) is 36.7 Å². The number of aryl methyl sites for hydroxylation is 1. The zero-order valence-corrected chi connectivity index (χ0v) is 13.0. The third-order valence-corrected chi connectivity index (χ3v) is 3.52. The van der Waals surface area contributed by atoms with Crippen molar-refractivity contribution in [3.63, 3.8) is 0 Å². The largest absolute Gasteiger partial charge is 0.496 e. The van der Waals surface area contributed by atoms with Gasteiger partial charge < -0.3 is 9.64 Å². The van der Waals surface area contributed by atoms with E-state index in [0.717, 1.165) is 16.9 Å². The minimum Gasteiger partial charge on any atom is -0.496 e. The summed E-state index contributed by atoms with van der Waals surface area (Å²) < 4.78 is 5.33. The molecule has 4 nitrogen and oxygen atoms in total. The molecule has 0 unspecified atom stereocenters. The number of hydrogen-bond donors (Lipinski definition) is 0. The summed E-state index contributed by atoms with van der Waals surface area (Å²) in [4.78, 5) is 18.0. The van der Waals surface area contributed by atoms with E-state index >= 15 is 0 Å². The molecular weight excluding hydrogens is 288 g/mol. The van der Waals surface area contributed by atoms with Crippen molar-refractivity contribution in [3.8, 4) is 5.75 Å². The molecule has 5 heteroatoms. The number of pyridine rings is 1. The van der Waals surface area contributed by atoms with Gasteiger partial charge in [0.15, 0.2) is 0 Å². The van der Waals surface area contributed by atoms with Gasteiger partial charge in [-0.05, 0) is 19.1 Å². The average molecular weight is 305 g/mol. The van der Waals surface area contributed by atoms with Crippen LogP contribution in [-0.2, 0) is 6.54 Å². The van der Waals surface area contributed by atoms with Gasteiger partial charge in [0.1, 0.15) is 5.75 Å². The van der Waals surface area contributed by atoms with E-state index in [1.54, 1.807) is 31.3 Å². The molecule has 0 saturated carbocycles. The highest BCUT2D eigenvalue weighted by Crippen LogP contribution is 2.22. The summed E-state index contributed by atoms with van der Waals surface area (Å²) >= 11 is 6.04. The van der Waals surface area contributed by atoms with Crippen LogP contribution in [0.2, 0.25) is 5.02 Å². The Morgan fingerprint density at radius 3 is 2.81 bits per heavy atom. The molecule has 0 N–H and O–H groups in total. The van der Waals surface area contributed by atoms with E-state index in [9.17, 15) is 4.79 Å². The van der Waals surface area contributed by atoms with Gasteiger partial charge in [-0.25, -0.2) is 0 Å². The molecule has 0 radical (unpaired) electrons. The van der Waals surface area contributed by atoms with Crippen LogP contribution in [0.1, 0.15) is 21.5 Å². The van der Waals surface area contributed by atoms with Gasteiger partial charge in [0, 0.05) is 31.5 Å². The van der Waals surface area contributed by atoms with Crippen LogP contribution < -0.4 is 4.74 Å². The monoisotopic (exact) mass is 304 g/mol. The Morgan fingerprint density at radius 2 is 2.14 bits per heavy atom. The van der Waals surface area contributed by atoms with E-state index in [4.69, 9.17) is 16.3 Å². The Bertz CT molecular complexity index is 658. The number of hydrogen-bond acceptors (Lipinski definition) is 3. The minimum absolute atomic E-state index is 0.170. The van der Waals surface area contributed by atoms with Gasteiger partial charge in [-0.2, -0.15) is 0 Å². The number of nitrogens with zero attached hydrogens (tertiary/aromatic N) is 2. The highest BCUT2D eigenvalue weighted by Gasteiger charge is 2.17. The molecule has 0 aliphatic carbocycles. The Hall–Kier alpha value is -2.07. The lowest BCUT2D eigenvalue weighted by Gasteiger charge is -2.19. The van der Waals surface area contributed by atoms with E-state index in [-0.39, 0.29) is 5.91 Å². The second-order valence-corrected chi connectivity index (χ2v) is 5.24. The van der Waals surface area contributed by atoms with Gasteiger partial charge in [0.05, 0.1) is 17.7 Å². The zero-order chi connectivity index (χ0) is 15.4. The number of methoxy groups -OCH3 is 1. The molecule has 0 atom stereocenters. The quantitative estimate of drug-likeness (QED) is 0.870. The number of benzene rings is 1. The van der Waals surface area contributed by atoms with Crippen molar-refractivity contribution in [1.82, 2.24) is 9.88 Å². The maximum Gasteiger partial charge on any atom is 0.256 e. The number of amides is 1. The van der Waals surface area contributed by atoms with Crippen molar-refractivity contribution < 1.29 is 9.53 Å². The van der Waals surface area contributed by atoms with E-state index in [0.29, 0.717) is 17.1 Å². The topological polar surface area (TPSA) is 42.4 Å². The molecule has 110 valence electrons. The van der Waals surface area contributed by atoms with Gasteiger partial charge in [-0.1, -0.05) is 29.3 Å². The summed E-state index contributed by atoms with van der Waals surface area (Å²) in [5.41, 5.74) is 2.47. The van der Waals surface area contributed by atoms with Gasteiger partial charge in [0.2, 0.25) is 0 Å². The first kappa shape index (κ1) is 15.3. The van der Waals surface area contributed by atoms with Gasteiger partial charge >= 0.3 is 0 Å². The maximum atomic E-state index is 12.4. The van der Waals surface area contributed by atoms with Crippen LogP contribution in [0.4, 0.5) is 0 Å². The fourth-order valence-electron chi connectivity index (χ4n) is 2.10. The van der Waals surface area contributed by atoms with Crippen LogP contribution >= 0.6 is 11.6 Å². The lowest BCUT2D eigenvalue weighted by molar-refractivity contribution is 0.0784. The predicted molar refractivity (Wildman–Crippen MR) is 82.8 cm³/mol. The number of ether oxygens (including phenoxy) is 1. The molecule has 1 amide bonds. The van der Waals surface area contributed by atoms with Crippen molar-refractivity contribution in [2.24, 2.45) is 0 Å². The van der Waals surface area contributed by atoms with Gasteiger partial charge in [-0.3, -0.25) is 9.78 Å². The average Bonchev–Trinajstić information content (AvgIpc) is 2.47. The Kier molecular flexibility index (Phi) is 4.81. The molecule has 0 fully saturated rings. The fourth-order valence-corrected chi connectivity index (χ4v) is 2.28. The molecule has 1 heterocycles. The number of rotatable bonds is 4. The van der Waals surface area contributed by atoms with Crippen LogP contribution in [0.5, 0.6) is 5.75 Å². The molecular formula is C16H17ClN2O2. The van der Waals surface area contributed by atoms with Crippen LogP contribution in [-0.4, -0.2) is 29.9 Å². The van der Waals surface area contributed by atoms with Gasteiger partial charge in [0.25, 0.3) is 5.91 Å². The molecule has 0 spiro atoms. The van der Waals surface area contributed by atoms with E-state index in [2.05, 4.69) is 4.98 Å². The highest BCUT2D eigenvalue weighted by molar-refractivity contribution is 6.33. The van der Waals surface area contributed by atoms with E-state index in [1.165, 1.54) is 6.20 Å². The molecule has 21 heavy (non-hydrogen) atoms. The summed E-state index contributed by atoms with van der Waals surface area (Å²) in [6.45, 7) is 2.44. The lowest BCUT2D eigenvalue weighted by Crippen LogP contribution is -2.26. The SMILES string of the molecule is COc1ccc(C)cc1CN(C)C(=O)c1cnccc1Cl. The van der Waals surface area contributed by atoms with Crippen molar-refractivity contribution >= 4 is 17.5 Å². The zero-order valence-electron chi connectivity index (χ0n) is 12.3. The van der Waals surface area contributed by atoms with Crippen molar-refractivity contribution in [1.29, 1.82) is 0 Å². The van der Waals surface area contributed by atoms with Crippen molar-refractivity contribution in [3.05, 3.63) is 58.4 Å². The first-order valence-electron chi connectivity index (χ1n) is 6.51. The number of carbonyl (C=O) groups is 1. The maximum absolute atomic E-state index is 12.4. The predicted octanol–water partition coefficient (Wildman–Crippen LogP) is 3.32. The van der Waals surface area contributed by atoms with Crippen molar-refractivity contribution in [2.75, 3.05) is 14.2 Å². The molecule has 2 aromatic rings. The first-order valence-corrected chi connectivity index (χ1v) is 6.89. The highest BCUT2D eigenvalue weighted by atomic mass is 35.5. The Balaban J connectivity index is 2.22. The van der Waals surface area contributed by atoms with Crippen LogP contribution in [0.3, 0.4) is 0 Å². The molecule has 1 aromatic carbocycles. The summed E-state index contributed by atoms with van der Waals surface area (Å²) in [6.07, 6.45) is 3.04. The molecule has 1 aromatic heterocycles. The number of halogens is 1. The first-order chi connectivity index (χ1) is 10.0. The molecule has 0 saturated heterocycles. The van der Waals surface area contributed by atoms with Crippen LogP contribution in [0.25, 0.3) is 0 Å². The smallest absolute Gasteiger partial charge is 0.256 e. The lowest BCUT2D eigenvalue weighted by atomic mass is 10.1. The second-order valence-electron chi connectivity index (χ2n) is 4.83. The summed E-state index contributed by atoms with van der Waals surface area (Å²) in [5.74, 6) is 0.592.